The topological polar surface area (TPSA) is 40.5 Å². The van der Waals surface area contributed by atoms with Crippen LogP contribution in [-0.4, -0.2) is 23.4 Å². The zero-order valence-electron chi connectivity index (χ0n) is 14.7. The first-order chi connectivity index (χ1) is 10.3. The van der Waals surface area contributed by atoms with Crippen LogP contribution in [0.2, 0.25) is 0 Å². The summed E-state index contributed by atoms with van der Waals surface area (Å²) >= 11 is 0. The Balaban J connectivity index is 2.22. The van der Waals surface area contributed by atoms with Gasteiger partial charge >= 0.3 is 0 Å². The zero-order chi connectivity index (χ0) is 16.4. The molecule has 0 aromatic heterocycles. The molecule has 0 saturated heterocycles. The summed E-state index contributed by atoms with van der Waals surface area (Å²) in [4.78, 5) is 0. The van der Waals surface area contributed by atoms with E-state index in [2.05, 4.69) is 33.4 Å². The highest BCUT2D eigenvalue weighted by Gasteiger charge is 2.52. The fraction of sp³-hybridized carbons (Fsp3) is 0.800. The summed E-state index contributed by atoms with van der Waals surface area (Å²) in [7, 11) is 0. The highest BCUT2D eigenvalue weighted by molar-refractivity contribution is 5.18. The highest BCUT2D eigenvalue weighted by Crippen LogP contribution is 2.61. The molecule has 2 fully saturated rings. The van der Waals surface area contributed by atoms with Gasteiger partial charge in [0.1, 0.15) is 0 Å². The number of fused-ring (bicyclic) bond motifs is 1. The Hall–Kier alpha value is -0.600. The molecular weight excluding hydrogens is 272 g/mol. The van der Waals surface area contributed by atoms with Gasteiger partial charge in [-0.3, -0.25) is 0 Å². The minimum absolute atomic E-state index is 0.0609. The molecular formula is C20H34O2. The molecule has 2 aliphatic rings. The normalized spacial score (nSPS) is 35.3. The molecule has 2 N–H and O–H groups in total. The zero-order valence-corrected chi connectivity index (χ0v) is 14.7. The third-order valence-corrected chi connectivity index (χ3v) is 6.60. The van der Waals surface area contributed by atoms with Gasteiger partial charge in [-0.2, -0.15) is 0 Å². The van der Waals surface area contributed by atoms with Crippen LogP contribution in [-0.2, 0) is 0 Å². The van der Waals surface area contributed by atoms with Crippen molar-refractivity contribution in [3.05, 3.63) is 23.8 Å². The van der Waals surface area contributed by atoms with E-state index in [-0.39, 0.29) is 13.2 Å². The molecule has 2 aliphatic carbocycles. The number of hydrogen-bond donors (Lipinski definition) is 2. The van der Waals surface area contributed by atoms with Crippen molar-refractivity contribution < 1.29 is 10.2 Å². The molecule has 22 heavy (non-hydrogen) atoms. The van der Waals surface area contributed by atoms with Gasteiger partial charge in [0.25, 0.3) is 0 Å². The Labute approximate surface area is 136 Å². The van der Waals surface area contributed by atoms with Crippen molar-refractivity contribution in [1.82, 2.24) is 0 Å². The monoisotopic (exact) mass is 306 g/mol. The van der Waals surface area contributed by atoms with Crippen LogP contribution in [0.1, 0.15) is 65.7 Å². The van der Waals surface area contributed by atoms with E-state index < -0.39 is 0 Å². The predicted octanol–water partition coefficient (Wildman–Crippen LogP) is 4.48. The van der Waals surface area contributed by atoms with E-state index in [9.17, 15) is 5.11 Å². The number of allylic oxidation sites excluding steroid dienone is 2. The third kappa shape index (κ3) is 3.33. The fourth-order valence-electron chi connectivity index (χ4n) is 5.38. The van der Waals surface area contributed by atoms with E-state index in [4.69, 9.17) is 5.11 Å². The molecule has 0 aromatic rings. The number of rotatable bonds is 5. The smallest absolute Gasteiger partial charge is 0.0642 e. The molecule has 0 aliphatic heterocycles. The van der Waals surface area contributed by atoms with Crippen LogP contribution in [0.5, 0.6) is 0 Å². The van der Waals surface area contributed by atoms with Crippen molar-refractivity contribution in [2.24, 2.45) is 22.7 Å². The Kier molecular flexibility index (Phi) is 5.55. The summed E-state index contributed by atoms with van der Waals surface area (Å²) in [5, 5.41) is 18.5. The van der Waals surface area contributed by atoms with Crippen LogP contribution in [0.4, 0.5) is 0 Å². The maximum absolute atomic E-state index is 9.43. The van der Waals surface area contributed by atoms with Crippen molar-refractivity contribution in [1.29, 1.82) is 0 Å². The Bertz CT molecular complexity index is 435. The first-order valence-electron chi connectivity index (χ1n) is 8.92. The molecule has 126 valence electrons. The molecule has 0 heterocycles. The van der Waals surface area contributed by atoms with Crippen molar-refractivity contribution in [3.63, 3.8) is 0 Å². The molecule has 0 spiro atoms. The minimum atomic E-state index is 0.0609. The van der Waals surface area contributed by atoms with Crippen LogP contribution >= 0.6 is 0 Å². The first kappa shape index (κ1) is 17.7. The third-order valence-electron chi connectivity index (χ3n) is 6.60. The Morgan fingerprint density at radius 2 is 2.00 bits per heavy atom. The van der Waals surface area contributed by atoms with E-state index in [0.29, 0.717) is 23.2 Å². The second-order valence-electron chi connectivity index (χ2n) is 8.38. The first-order valence-corrected chi connectivity index (χ1v) is 8.92. The van der Waals surface area contributed by atoms with Crippen molar-refractivity contribution in [2.75, 3.05) is 13.2 Å². The molecule has 2 heteroatoms. The lowest BCUT2D eigenvalue weighted by Gasteiger charge is -2.58. The number of hydrogen-bond acceptors (Lipinski definition) is 2. The van der Waals surface area contributed by atoms with Gasteiger partial charge in [0.05, 0.1) is 6.61 Å². The summed E-state index contributed by atoms with van der Waals surface area (Å²) in [6, 6.07) is 0. The largest absolute Gasteiger partial charge is 0.396 e. The molecule has 0 unspecified atom stereocenters. The second kappa shape index (κ2) is 6.88. The van der Waals surface area contributed by atoms with Crippen LogP contribution in [0.15, 0.2) is 23.8 Å². The number of aliphatic hydroxyl groups is 2. The van der Waals surface area contributed by atoms with Crippen LogP contribution in [0, 0.1) is 22.7 Å². The van der Waals surface area contributed by atoms with Gasteiger partial charge in [-0.15, -0.1) is 0 Å². The van der Waals surface area contributed by atoms with Crippen molar-refractivity contribution in [3.8, 4) is 0 Å². The van der Waals surface area contributed by atoms with E-state index in [1.807, 2.05) is 0 Å². The average molecular weight is 306 g/mol. The molecule has 0 amide bonds. The second-order valence-corrected chi connectivity index (χ2v) is 8.38. The van der Waals surface area contributed by atoms with Crippen LogP contribution in [0.25, 0.3) is 0 Å². The van der Waals surface area contributed by atoms with Gasteiger partial charge in [0, 0.05) is 6.61 Å². The molecule has 3 atom stereocenters. The lowest BCUT2D eigenvalue weighted by molar-refractivity contribution is -0.0511. The fourth-order valence-corrected chi connectivity index (χ4v) is 5.38. The summed E-state index contributed by atoms with van der Waals surface area (Å²) in [5.41, 5.74) is 3.14. The molecule has 0 bridgehead atoms. The lowest BCUT2D eigenvalue weighted by Crippen LogP contribution is -2.49. The number of aliphatic hydroxyl groups excluding tert-OH is 2. The SMILES string of the molecule is C=C1CC[C@H]2C(C)(C)CCC[C@]2(C)[C@H]1C/C=C(\CO)CCO. The Morgan fingerprint density at radius 1 is 1.27 bits per heavy atom. The maximum Gasteiger partial charge on any atom is 0.0642 e. The van der Waals surface area contributed by atoms with E-state index in [1.165, 1.54) is 31.3 Å². The summed E-state index contributed by atoms with van der Waals surface area (Å²) in [6.07, 6.45) is 10.1. The van der Waals surface area contributed by atoms with Crippen molar-refractivity contribution >= 4 is 0 Å². The lowest BCUT2D eigenvalue weighted by atomic mass is 9.47. The van der Waals surface area contributed by atoms with Gasteiger partial charge in [0.15, 0.2) is 0 Å². The molecule has 0 radical (unpaired) electrons. The minimum Gasteiger partial charge on any atom is -0.396 e. The van der Waals surface area contributed by atoms with Crippen LogP contribution < -0.4 is 0 Å². The molecule has 2 saturated carbocycles. The predicted molar refractivity (Wildman–Crippen MR) is 92.6 cm³/mol. The van der Waals surface area contributed by atoms with Crippen LogP contribution in [0.3, 0.4) is 0 Å². The molecule has 2 rings (SSSR count). The van der Waals surface area contributed by atoms with E-state index in [0.717, 1.165) is 24.3 Å². The quantitative estimate of drug-likeness (QED) is 0.735. The molecule has 2 nitrogen and oxygen atoms in total. The Morgan fingerprint density at radius 3 is 2.64 bits per heavy atom. The van der Waals surface area contributed by atoms with Gasteiger partial charge in [-0.1, -0.05) is 45.4 Å². The van der Waals surface area contributed by atoms with Gasteiger partial charge < -0.3 is 10.2 Å². The van der Waals surface area contributed by atoms with Gasteiger partial charge in [0.2, 0.25) is 0 Å². The van der Waals surface area contributed by atoms with Gasteiger partial charge in [-0.25, -0.2) is 0 Å². The van der Waals surface area contributed by atoms with Gasteiger partial charge in [-0.05, 0) is 66.8 Å². The van der Waals surface area contributed by atoms with E-state index >= 15 is 0 Å². The average Bonchev–Trinajstić information content (AvgIpc) is 2.44. The molecule has 0 aromatic carbocycles. The standard InChI is InChI=1S/C20H34O2/c1-15-6-9-18-19(2,3)11-5-12-20(18,4)17(15)8-7-16(14-22)10-13-21/h7,17-18,21-22H,1,5-6,8-14H2,2-4H3/b16-7-/t17-,18-,20+/m0/s1. The van der Waals surface area contributed by atoms with Crippen molar-refractivity contribution in [2.45, 2.75) is 65.7 Å². The maximum atomic E-state index is 9.43. The highest BCUT2D eigenvalue weighted by atomic mass is 16.3. The summed E-state index contributed by atoms with van der Waals surface area (Å²) < 4.78 is 0. The summed E-state index contributed by atoms with van der Waals surface area (Å²) in [5.74, 6) is 1.29. The summed E-state index contributed by atoms with van der Waals surface area (Å²) in [6.45, 7) is 11.9. The van der Waals surface area contributed by atoms with E-state index in [1.54, 1.807) is 0 Å².